The first kappa shape index (κ1) is 31.2. The van der Waals surface area contributed by atoms with Crippen LogP contribution in [-0.2, 0) is 14.8 Å². The van der Waals surface area contributed by atoms with Crippen LogP contribution >= 0.6 is 11.6 Å². The number of amides is 1. The van der Waals surface area contributed by atoms with Crippen LogP contribution in [0.15, 0.2) is 53.4 Å². The molecule has 2 heterocycles. The maximum Gasteiger partial charge on any atom is 0.410 e. The predicted octanol–water partition coefficient (Wildman–Crippen LogP) is 4.18. The summed E-state index contributed by atoms with van der Waals surface area (Å²) in [7, 11) is -4.09. The van der Waals surface area contributed by atoms with E-state index < -0.39 is 45.2 Å². The summed E-state index contributed by atoms with van der Waals surface area (Å²) in [5.74, 6) is -0.447. The van der Waals surface area contributed by atoms with Crippen LogP contribution in [0, 0.1) is 5.82 Å². The quantitative estimate of drug-likeness (QED) is 0.454. The second-order valence-electron chi connectivity index (χ2n) is 12.0. The third kappa shape index (κ3) is 5.92. The molecule has 3 fully saturated rings. The third-order valence-electron chi connectivity index (χ3n) is 9.14. The Morgan fingerprint density at radius 3 is 2.40 bits per heavy atom. The highest BCUT2D eigenvalue weighted by Gasteiger charge is 2.60. The topological polar surface area (TPSA) is 111 Å². The molecule has 2 aliphatic heterocycles. The predicted molar refractivity (Wildman–Crippen MR) is 156 cm³/mol. The van der Waals surface area contributed by atoms with Gasteiger partial charge in [-0.1, -0.05) is 23.7 Å². The number of halogens is 2. The second kappa shape index (κ2) is 12.0. The SMILES string of the molecule is C[C@H]1CN(C(C)(CO)CO)CCN1C(=O)OC1(C2CCCC(c3cccc(F)c3)N2S(=O)(=O)c2ccc(Cl)cc2)CC1. The molecule has 5 rings (SSSR count). The van der Waals surface area contributed by atoms with Crippen LogP contribution in [0.3, 0.4) is 0 Å². The van der Waals surface area contributed by atoms with Gasteiger partial charge in [-0.05, 0) is 87.9 Å². The Morgan fingerprint density at radius 2 is 1.81 bits per heavy atom. The van der Waals surface area contributed by atoms with Crippen LogP contribution in [0.1, 0.15) is 57.6 Å². The van der Waals surface area contributed by atoms with Crippen molar-refractivity contribution in [1.29, 1.82) is 0 Å². The van der Waals surface area contributed by atoms with Crippen molar-refractivity contribution < 1.29 is 32.6 Å². The molecule has 9 nitrogen and oxygen atoms in total. The fraction of sp³-hybridized carbons (Fsp3) is 0.567. The standard InChI is InChI=1S/C30H39ClFN3O6S/c1-21-18-33(29(2,19-36)20-37)15-16-34(21)28(38)41-30(13-14-30)27-8-4-7-26(22-5-3-6-24(32)17-22)35(27)42(39,40)25-11-9-23(31)10-12-25/h3,5-6,9-12,17,21,26-27,36-37H,4,7-8,13-16,18-20H2,1-2H3/t21-,26?,27?/m0/s1. The lowest BCUT2D eigenvalue weighted by atomic mass is 9.90. The summed E-state index contributed by atoms with van der Waals surface area (Å²) in [6.07, 6.45) is 2.23. The second-order valence-corrected chi connectivity index (χ2v) is 14.3. The van der Waals surface area contributed by atoms with E-state index >= 15 is 0 Å². The number of sulfonamides is 1. The first-order valence-electron chi connectivity index (χ1n) is 14.4. The highest BCUT2D eigenvalue weighted by molar-refractivity contribution is 7.89. The Hall–Kier alpha value is -2.28. The maximum absolute atomic E-state index is 14.3. The number of rotatable bonds is 8. The Labute approximate surface area is 251 Å². The summed E-state index contributed by atoms with van der Waals surface area (Å²) < 4.78 is 50.5. The summed E-state index contributed by atoms with van der Waals surface area (Å²) in [4.78, 5) is 17.3. The number of piperazine rings is 1. The van der Waals surface area contributed by atoms with Gasteiger partial charge < -0.3 is 19.8 Å². The van der Waals surface area contributed by atoms with Crippen molar-refractivity contribution in [1.82, 2.24) is 14.1 Å². The number of piperidine rings is 1. The Morgan fingerprint density at radius 1 is 1.12 bits per heavy atom. The van der Waals surface area contributed by atoms with Crippen LogP contribution in [0.5, 0.6) is 0 Å². The van der Waals surface area contributed by atoms with Crippen molar-refractivity contribution in [2.45, 2.75) is 80.1 Å². The molecule has 1 saturated carbocycles. The van der Waals surface area contributed by atoms with E-state index in [-0.39, 0.29) is 24.2 Å². The normalized spacial score (nSPS) is 25.3. The molecule has 0 bridgehead atoms. The molecule has 3 aliphatic rings. The lowest BCUT2D eigenvalue weighted by molar-refractivity contribution is -0.0531. The van der Waals surface area contributed by atoms with Crippen LogP contribution in [0.2, 0.25) is 5.02 Å². The van der Waals surface area contributed by atoms with E-state index in [4.69, 9.17) is 16.3 Å². The van der Waals surface area contributed by atoms with Gasteiger partial charge in [-0.15, -0.1) is 0 Å². The van der Waals surface area contributed by atoms with Gasteiger partial charge in [0.25, 0.3) is 0 Å². The molecule has 12 heteroatoms. The number of benzene rings is 2. The van der Waals surface area contributed by atoms with Crippen molar-refractivity contribution in [2.75, 3.05) is 32.8 Å². The molecular weight excluding hydrogens is 585 g/mol. The van der Waals surface area contributed by atoms with Crippen LogP contribution in [-0.4, -0.2) is 94.9 Å². The number of carbonyl (C=O) groups is 1. The van der Waals surface area contributed by atoms with Crippen molar-refractivity contribution in [3.8, 4) is 0 Å². The molecule has 1 amide bonds. The monoisotopic (exact) mass is 623 g/mol. The summed E-state index contributed by atoms with van der Waals surface area (Å²) in [5.41, 5.74) is -1.24. The van der Waals surface area contributed by atoms with E-state index in [1.54, 1.807) is 24.0 Å². The number of hydrogen-bond acceptors (Lipinski definition) is 7. The molecule has 1 aliphatic carbocycles. The van der Waals surface area contributed by atoms with Crippen molar-refractivity contribution in [2.24, 2.45) is 0 Å². The van der Waals surface area contributed by atoms with Gasteiger partial charge in [0.2, 0.25) is 10.0 Å². The molecule has 230 valence electrons. The lowest BCUT2D eigenvalue weighted by Crippen LogP contribution is -2.63. The summed E-state index contributed by atoms with van der Waals surface area (Å²) in [5, 5.41) is 20.1. The van der Waals surface area contributed by atoms with Gasteiger partial charge in [-0.3, -0.25) is 4.90 Å². The van der Waals surface area contributed by atoms with Crippen molar-refractivity contribution in [3.63, 3.8) is 0 Å². The molecule has 0 spiro atoms. The van der Waals surface area contributed by atoms with E-state index in [1.165, 1.54) is 40.7 Å². The first-order chi connectivity index (χ1) is 19.9. The molecule has 0 radical (unpaired) electrons. The van der Waals surface area contributed by atoms with Gasteiger partial charge in [0.05, 0.1) is 35.7 Å². The van der Waals surface area contributed by atoms with E-state index in [0.29, 0.717) is 62.3 Å². The van der Waals surface area contributed by atoms with Gasteiger partial charge in [0, 0.05) is 30.7 Å². The Kier molecular flexibility index (Phi) is 8.91. The Bertz CT molecular complexity index is 1390. The van der Waals surface area contributed by atoms with Crippen LogP contribution in [0.4, 0.5) is 9.18 Å². The number of aliphatic hydroxyl groups excluding tert-OH is 2. The minimum absolute atomic E-state index is 0.0721. The highest BCUT2D eigenvalue weighted by Crippen LogP contribution is 2.52. The highest BCUT2D eigenvalue weighted by atomic mass is 35.5. The average Bonchev–Trinajstić information content (AvgIpc) is 3.76. The molecule has 2 N–H and O–H groups in total. The van der Waals surface area contributed by atoms with E-state index in [1.807, 2.05) is 11.8 Å². The number of ether oxygens (including phenoxy) is 1. The molecule has 2 aromatic rings. The fourth-order valence-electron chi connectivity index (χ4n) is 6.39. The van der Waals surface area contributed by atoms with E-state index in [9.17, 15) is 27.8 Å². The van der Waals surface area contributed by atoms with E-state index in [2.05, 4.69) is 0 Å². The molecule has 3 atom stereocenters. The summed E-state index contributed by atoms with van der Waals surface area (Å²) in [6, 6.07) is 10.5. The molecule has 2 unspecified atom stereocenters. The molecule has 2 saturated heterocycles. The average molecular weight is 624 g/mol. The molecule has 2 aromatic carbocycles. The number of nitrogens with zero attached hydrogens (tertiary/aromatic N) is 3. The number of carbonyl (C=O) groups excluding carboxylic acids is 1. The van der Waals surface area contributed by atoms with Gasteiger partial charge in [0.1, 0.15) is 11.4 Å². The molecular formula is C30H39ClFN3O6S. The zero-order valence-corrected chi connectivity index (χ0v) is 25.5. The van der Waals surface area contributed by atoms with Gasteiger partial charge in [0.15, 0.2) is 0 Å². The van der Waals surface area contributed by atoms with Gasteiger partial charge in [-0.2, -0.15) is 4.31 Å². The molecule has 0 aromatic heterocycles. The first-order valence-corrected chi connectivity index (χ1v) is 16.3. The van der Waals surface area contributed by atoms with E-state index in [0.717, 1.165) is 0 Å². The summed E-state index contributed by atoms with van der Waals surface area (Å²) in [6.45, 7) is 4.48. The van der Waals surface area contributed by atoms with Gasteiger partial charge in [-0.25, -0.2) is 17.6 Å². The number of aliphatic hydroxyl groups is 2. The van der Waals surface area contributed by atoms with Crippen LogP contribution < -0.4 is 0 Å². The minimum Gasteiger partial charge on any atom is -0.441 e. The number of hydrogen-bond donors (Lipinski definition) is 2. The smallest absolute Gasteiger partial charge is 0.410 e. The van der Waals surface area contributed by atoms with Crippen LogP contribution in [0.25, 0.3) is 0 Å². The summed E-state index contributed by atoms with van der Waals surface area (Å²) >= 11 is 6.05. The fourth-order valence-corrected chi connectivity index (χ4v) is 8.43. The maximum atomic E-state index is 14.3. The zero-order valence-electron chi connectivity index (χ0n) is 24.0. The zero-order chi connectivity index (χ0) is 30.3. The van der Waals surface area contributed by atoms with Gasteiger partial charge >= 0.3 is 6.09 Å². The third-order valence-corrected chi connectivity index (χ3v) is 11.3. The Balaban J connectivity index is 1.43. The van der Waals surface area contributed by atoms with Crippen molar-refractivity contribution >= 4 is 27.7 Å². The lowest BCUT2D eigenvalue weighted by Gasteiger charge is -2.48. The van der Waals surface area contributed by atoms with Crippen molar-refractivity contribution in [3.05, 3.63) is 64.9 Å². The largest absolute Gasteiger partial charge is 0.441 e. The minimum atomic E-state index is -4.09. The molecule has 42 heavy (non-hydrogen) atoms.